The molecule has 334 valence electrons. The summed E-state index contributed by atoms with van der Waals surface area (Å²) < 4.78 is 96.9. The number of carbonyl (C=O) groups excluding carboxylic acids is 1. The molecule has 0 radical (unpaired) electrons. The molecule has 1 aliphatic carbocycles. The van der Waals surface area contributed by atoms with Crippen LogP contribution in [0, 0.1) is 5.41 Å². The molecular weight excluding hydrogens is 879 g/mol. The minimum Gasteiger partial charge on any atom is -0.380 e. The molecule has 6 rings (SSSR count). The molecule has 10 nitrogen and oxygen atoms in total. The molecule has 0 spiro atoms. The molecule has 1 heterocycles. The fourth-order valence-electron chi connectivity index (χ4n) is 7.64. The average molecular weight is 933 g/mol. The minimum atomic E-state index is -6.03. The summed E-state index contributed by atoms with van der Waals surface area (Å²) >= 11 is 7.63. The van der Waals surface area contributed by atoms with Crippen LogP contribution in [0.5, 0.6) is 0 Å². The van der Waals surface area contributed by atoms with E-state index < -0.39 is 52.8 Å². The summed E-state index contributed by atoms with van der Waals surface area (Å²) in [4.78, 5) is 18.6. The van der Waals surface area contributed by atoms with Gasteiger partial charge >= 0.3 is 5.51 Å². The number of sulfone groups is 1. The number of carbonyl (C=O) groups is 1. The second-order valence-electron chi connectivity index (χ2n) is 16.8. The lowest BCUT2D eigenvalue weighted by Crippen LogP contribution is -2.47. The molecule has 17 heteroatoms. The summed E-state index contributed by atoms with van der Waals surface area (Å²) in [7, 11) is -7.19. The number of amides is 1. The van der Waals surface area contributed by atoms with Gasteiger partial charge in [0.2, 0.25) is 0 Å². The Morgan fingerprint density at radius 2 is 1.56 bits per heavy atom. The Morgan fingerprint density at radius 1 is 0.903 bits per heavy atom. The highest BCUT2D eigenvalue weighted by atomic mass is 35.5. The van der Waals surface area contributed by atoms with E-state index in [4.69, 9.17) is 11.6 Å². The van der Waals surface area contributed by atoms with Crippen LogP contribution in [0.2, 0.25) is 5.02 Å². The molecule has 0 unspecified atom stereocenters. The normalized spacial score (nSPS) is 17.0. The van der Waals surface area contributed by atoms with Crippen LogP contribution in [0.4, 0.5) is 24.5 Å². The van der Waals surface area contributed by atoms with Crippen LogP contribution in [-0.2, 0) is 19.9 Å². The number of nitrogens with zero attached hydrogens (tertiary/aromatic N) is 3. The lowest BCUT2D eigenvalue weighted by atomic mass is 9.72. The number of anilines is 2. The van der Waals surface area contributed by atoms with Gasteiger partial charge in [0.25, 0.3) is 25.8 Å². The number of hydrogen-bond donors (Lipinski definition) is 2. The Kier molecular flexibility index (Phi) is 15.1. The zero-order valence-electron chi connectivity index (χ0n) is 35.2. The monoisotopic (exact) mass is 931 g/mol. The van der Waals surface area contributed by atoms with Gasteiger partial charge in [0.05, 0.1) is 10.6 Å². The Bertz CT molecular complexity index is 2440. The number of thioether (sulfide) groups is 1. The number of allylic oxidation sites excluding steroid dienone is 1. The number of alkyl halides is 3. The van der Waals surface area contributed by atoms with Gasteiger partial charge in [0, 0.05) is 65.7 Å². The number of nitrogens with one attached hydrogen (secondary N) is 2. The SMILES string of the molecule is CN(C)CC[C@H](CSc1ccccc1)Nc1ccc(S(=O)(=O)NC(=O)c2ccc(N3CCN(CC4=C(c5ccc(Cl)cc5)CC(C)(C)CC4)CC3)cc2)cc1S(=O)(=O)C(F)(F)F. The molecule has 4 aromatic carbocycles. The second-order valence-corrected chi connectivity index (χ2v) is 22.0. The molecule has 0 bridgehead atoms. The molecular formula is C45H53ClF3N5O5S3. The first-order valence-electron chi connectivity index (χ1n) is 20.4. The zero-order chi connectivity index (χ0) is 44.9. The van der Waals surface area contributed by atoms with Gasteiger partial charge in [-0.2, -0.15) is 13.2 Å². The van der Waals surface area contributed by atoms with Gasteiger partial charge in [0.1, 0.15) is 4.90 Å². The highest BCUT2D eigenvalue weighted by molar-refractivity contribution is 7.99. The summed E-state index contributed by atoms with van der Waals surface area (Å²) in [5.74, 6) is -0.649. The molecule has 4 aromatic rings. The summed E-state index contributed by atoms with van der Waals surface area (Å²) in [5.41, 5.74) is -1.01. The van der Waals surface area contributed by atoms with Crippen LogP contribution in [-0.4, -0.2) is 103 Å². The van der Waals surface area contributed by atoms with Gasteiger partial charge in [-0.25, -0.2) is 21.6 Å². The maximum absolute atomic E-state index is 14.1. The number of hydrogen-bond acceptors (Lipinski definition) is 10. The van der Waals surface area contributed by atoms with E-state index in [2.05, 4.69) is 41.1 Å². The molecule has 1 amide bonds. The van der Waals surface area contributed by atoms with Crippen LogP contribution >= 0.6 is 23.4 Å². The number of piperazine rings is 1. The molecule has 0 saturated carbocycles. The third-order valence-corrected chi connectivity index (χ3v) is 15.5. The van der Waals surface area contributed by atoms with Crippen molar-refractivity contribution >= 4 is 66.1 Å². The molecule has 1 fully saturated rings. The molecule has 0 aromatic heterocycles. The fourth-order valence-corrected chi connectivity index (χ4v) is 10.8. The Morgan fingerprint density at radius 3 is 2.19 bits per heavy atom. The first-order chi connectivity index (χ1) is 29.2. The van der Waals surface area contributed by atoms with Crippen LogP contribution in [0.1, 0.15) is 55.5 Å². The van der Waals surface area contributed by atoms with Gasteiger partial charge in [-0.15, -0.1) is 11.8 Å². The number of rotatable bonds is 16. The van der Waals surface area contributed by atoms with E-state index in [9.17, 15) is 34.8 Å². The van der Waals surface area contributed by atoms with Crippen molar-refractivity contribution < 1.29 is 34.8 Å². The average Bonchev–Trinajstić information content (AvgIpc) is 3.22. The lowest BCUT2D eigenvalue weighted by molar-refractivity contribution is -0.0435. The molecule has 2 aliphatic rings. The second kappa shape index (κ2) is 19.8. The van der Waals surface area contributed by atoms with Crippen molar-refractivity contribution in [1.82, 2.24) is 14.5 Å². The molecule has 1 atom stereocenters. The van der Waals surface area contributed by atoms with Crippen LogP contribution in [0.15, 0.2) is 117 Å². The highest BCUT2D eigenvalue weighted by Crippen LogP contribution is 2.43. The van der Waals surface area contributed by atoms with E-state index in [0.29, 0.717) is 29.8 Å². The predicted molar refractivity (Wildman–Crippen MR) is 243 cm³/mol. The minimum absolute atomic E-state index is 0.000997. The Hall–Kier alpha value is -4.06. The van der Waals surface area contributed by atoms with Crippen molar-refractivity contribution in [3.63, 3.8) is 0 Å². The van der Waals surface area contributed by atoms with Crippen LogP contribution in [0.25, 0.3) is 5.57 Å². The molecule has 1 saturated heterocycles. The maximum Gasteiger partial charge on any atom is 0.501 e. The Balaban J connectivity index is 1.12. The fraction of sp³-hybridized carbons (Fsp3) is 0.400. The standard InChI is InChI=1S/C45H53ClF3N5O5S3/c1-44(2)22-20-34(40(29-44)32-10-14-35(46)15-11-32)30-53-24-26-54(27-25-53)37-16-12-33(13-17-37)43(55)51-62(58,59)39-18-19-41(42(28-39)61(56,57)45(47,48)49)50-36(21-23-52(3)4)31-60-38-8-6-5-7-9-38/h5-19,28,36,50H,20-27,29-31H2,1-4H3,(H,51,55)/t36-/m1/s1. The first kappa shape index (κ1) is 47.4. The van der Waals surface area contributed by atoms with E-state index in [0.717, 1.165) is 74.7 Å². The summed E-state index contributed by atoms with van der Waals surface area (Å²) in [6.07, 6.45) is 3.60. The summed E-state index contributed by atoms with van der Waals surface area (Å²) in [6.45, 7) is 9.17. The number of benzene rings is 4. The predicted octanol–water partition coefficient (Wildman–Crippen LogP) is 9.06. The van der Waals surface area contributed by atoms with Gasteiger partial charge < -0.3 is 15.1 Å². The van der Waals surface area contributed by atoms with E-state index in [-0.39, 0.29) is 11.0 Å². The van der Waals surface area contributed by atoms with Crippen molar-refractivity contribution in [3.8, 4) is 0 Å². The lowest BCUT2D eigenvalue weighted by Gasteiger charge is -2.39. The van der Waals surface area contributed by atoms with Gasteiger partial charge in [-0.05, 0) is 130 Å². The van der Waals surface area contributed by atoms with Gasteiger partial charge in [0.15, 0.2) is 0 Å². The molecule has 2 N–H and O–H groups in total. The van der Waals surface area contributed by atoms with Gasteiger partial charge in [-0.1, -0.05) is 61.4 Å². The van der Waals surface area contributed by atoms with E-state index in [1.807, 2.05) is 66.2 Å². The molecule has 62 heavy (non-hydrogen) atoms. The Labute approximate surface area is 372 Å². The summed E-state index contributed by atoms with van der Waals surface area (Å²) in [6, 6.07) is 25.7. The third-order valence-electron chi connectivity index (χ3n) is 11.2. The van der Waals surface area contributed by atoms with Crippen LogP contribution < -0.4 is 14.9 Å². The third kappa shape index (κ3) is 12.1. The van der Waals surface area contributed by atoms with Gasteiger partial charge in [-0.3, -0.25) is 9.69 Å². The van der Waals surface area contributed by atoms with E-state index in [1.165, 1.54) is 40.6 Å². The first-order valence-corrected chi connectivity index (χ1v) is 24.7. The zero-order valence-corrected chi connectivity index (χ0v) is 38.4. The number of sulfonamides is 1. The van der Waals surface area contributed by atoms with E-state index >= 15 is 0 Å². The van der Waals surface area contributed by atoms with Crippen molar-refractivity contribution in [1.29, 1.82) is 0 Å². The van der Waals surface area contributed by atoms with Crippen molar-refractivity contribution in [3.05, 3.63) is 119 Å². The van der Waals surface area contributed by atoms with E-state index in [1.54, 1.807) is 12.1 Å². The van der Waals surface area contributed by atoms with Crippen LogP contribution in [0.3, 0.4) is 0 Å². The maximum atomic E-state index is 14.1. The number of halogens is 4. The summed E-state index contributed by atoms with van der Waals surface area (Å²) in [5, 5.41) is 3.65. The quantitative estimate of drug-likeness (QED) is 0.105. The van der Waals surface area contributed by atoms with Crippen molar-refractivity contribution in [2.75, 3.05) is 69.3 Å². The van der Waals surface area contributed by atoms with Crippen molar-refractivity contribution in [2.45, 2.75) is 65.8 Å². The smallest absolute Gasteiger partial charge is 0.380 e. The topological polar surface area (TPSA) is 119 Å². The van der Waals surface area contributed by atoms with Crippen molar-refractivity contribution in [2.24, 2.45) is 5.41 Å². The largest absolute Gasteiger partial charge is 0.501 e. The molecule has 1 aliphatic heterocycles. The highest BCUT2D eigenvalue weighted by Gasteiger charge is 2.48.